The van der Waals surface area contributed by atoms with Crippen molar-refractivity contribution in [1.29, 1.82) is 0 Å². The zero-order chi connectivity index (χ0) is 18.2. The number of hydrogen-bond donors (Lipinski definition) is 2. The molecule has 136 valence electrons. The fourth-order valence-corrected chi connectivity index (χ4v) is 2.35. The van der Waals surface area contributed by atoms with E-state index in [9.17, 15) is 0 Å². The van der Waals surface area contributed by atoms with Crippen LogP contribution >= 0.6 is 0 Å². The molecule has 2 aromatic rings. The minimum absolute atomic E-state index is 0.355. The Kier molecular flexibility index (Phi) is 6.86. The summed E-state index contributed by atoms with van der Waals surface area (Å²) in [6.45, 7) is 10.0. The number of nitrogens with one attached hydrogen (secondary N) is 2. The highest BCUT2D eigenvalue weighted by molar-refractivity contribution is 5.79. The maximum absolute atomic E-state index is 5.71. The van der Waals surface area contributed by atoms with Crippen LogP contribution in [0.4, 0.5) is 0 Å². The molecule has 0 aliphatic heterocycles. The molecule has 1 aromatic heterocycles. The summed E-state index contributed by atoms with van der Waals surface area (Å²) in [6, 6.07) is 8.18. The number of nitrogens with zero attached hydrogens (tertiary/aromatic N) is 2. The first-order chi connectivity index (χ1) is 12.0. The average molecular weight is 344 g/mol. The Labute approximate surface area is 149 Å². The normalized spacial score (nSPS) is 11.7. The van der Waals surface area contributed by atoms with Gasteiger partial charge in [0, 0.05) is 25.2 Å². The topological polar surface area (TPSA) is 71.7 Å². The third-order valence-electron chi connectivity index (χ3n) is 3.79. The van der Waals surface area contributed by atoms with Crippen molar-refractivity contribution in [2.75, 3.05) is 13.7 Å². The van der Waals surface area contributed by atoms with Crippen molar-refractivity contribution in [3.63, 3.8) is 0 Å². The van der Waals surface area contributed by atoms with Crippen molar-refractivity contribution in [2.45, 2.75) is 46.7 Å². The highest BCUT2D eigenvalue weighted by Gasteiger charge is 2.09. The van der Waals surface area contributed by atoms with Crippen molar-refractivity contribution >= 4 is 5.96 Å². The van der Waals surface area contributed by atoms with E-state index in [-0.39, 0.29) is 0 Å². The van der Waals surface area contributed by atoms with Crippen LogP contribution in [0, 0.1) is 6.92 Å². The zero-order valence-electron chi connectivity index (χ0n) is 15.7. The van der Waals surface area contributed by atoms with Gasteiger partial charge >= 0.3 is 0 Å². The van der Waals surface area contributed by atoms with E-state index in [1.54, 1.807) is 7.05 Å². The molecule has 0 spiro atoms. The fourth-order valence-electron chi connectivity index (χ4n) is 2.35. The molecule has 1 heterocycles. The summed E-state index contributed by atoms with van der Waals surface area (Å²) < 4.78 is 11.0. The van der Waals surface area contributed by atoms with E-state index in [2.05, 4.69) is 59.8 Å². The van der Waals surface area contributed by atoms with Gasteiger partial charge in [-0.3, -0.25) is 4.99 Å². The molecule has 6 nitrogen and oxygen atoms in total. The van der Waals surface area contributed by atoms with E-state index in [4.69, 9.17) is 9.26 Å². The highest BCUT2D eigenvalue weighted by atomic mass is 16.5. The molecule has 0 atom stereocenters. The second-order valence-corrected chi connectivity index (χ2v) is 6.20. The lowest BCUT2D eigenvalue weighted by Crippen LogP contribution is -2.36. The molecule has 0 aliphatic rings. The number of hydrogen-bond acceptors (Lipinski definition) is 4. The maximum Gasteiger partial charge on any atom is 0.191 e. The number of aromatic nitrogens is 1. The monoisotopic (exact) mass is 344 g/mol. The largest absolute Gasteiger partial charge is 0.494 e. The Balaban J connectivity index is 1.92. The summed E-state index contributed by atoms with van der Waals surface area (Å²) in [4.78, 5) is 4.24. The van der Waals surface area contributed by atoms with Crippen LogP contribution in [0.5, 0.6) is 5.75 Å². The molecule has 0 amide bonds. The van der Waals surface area contributed by atoms with Crippen LogP contribution in [0.1, 0.15) is 49.3 Å². The molecule has 1 aromatic carbocycles. The van der Waals surface area contributed by atoms with Gasteiger partial charge in [0.25, 0.3) is 0 Å². The van der Waals surface area contributed by atoms with Crippen molar-refractivity contribution in [1.82, 2.24) is 15.8 Å². The molecule has 0 bridgehead atoms. The molecule has 0 fully saturated rings. The summed E-state index contributed by atoms with van der Waals surface area (Å²) >= 11 is 0. The van der Waals surface area contributed by atoms with Gasteiger partial charge < -0.3 is 19.9 Å². The third kappa shape index (κ3) is 5.52. The van der Waals surface area contributed by atoms with E-state index < -0.39 is 0 Å². The van der Waals surface area contributed by atoms with Gasteiger partial charge in [-0.2, -0.15) is 0 Å². The molecule has 6 heteroatoms. The third-order valence-corrected chi connectivity index (χ3v) is 3.79. The Morgan fingerprint density at radius 2 is 2.00 bits per heavy atom. The minimum atomic E-state index is 0.355. The first-order valence-corrected chi connectivity index (χ1v) is 8.65. The van der Waals surface area contributed by atoms with Crippen LogP contribution in [0.2, 0.25) is 0 Å². The van der Waals surface area contributed by atoms with Crippen LogP contribution < -0.4 is 15.4 Å². The molecule has 2 rings (SSSR count). The van der Waals surface area contributed by atoms with Crippen LogP contribution in [0.15, 0.2) is 33.8 Å². The summed E-state index contributed by atoms with van der Waals surface area (Å²) in [5.41, 5.74) is 3.24. The number of aryl methyl sites for hydroxylation is 1. The van der Waals surface area contributed by atoms with Crippen LogP contribution in [-0.2, 0) is 13.1 Å². The summed E-state index contributed by atoms with van der Waals surface area (Å²) in [5, 5.41) is 10.6. The molecular formula is C19H28N4O2. The maximum atomic E-state index is 5.71. The second-order valence-electron chi connectivity index (χ2n) is 6.20. The van der Waals surface area contributed by atoms with Crippen molar-refractivity contribution in [3.05, 3.63) is 46.8 Å². The molecular weight excluding hydrogens is 316 g/mol. The van der Waals surface area contributed by atoms with Gasteiger partial charge in [0.15, 0.2) is 11.7 Å². The Morgan fingerprint density at radius 1 is 1.24 bits per heavy atom. The fraction of sp³-hybridized carbons (Fsp3) is 0.474. The Bertz CT molecular complexity index is 707. The molecule has 0 unspecified atom stereocenters. The highest BCUT2D eigenvalue weighted by Crippen LogP contribution is 2.20. The van der Waals surface area contributed by atoms with E-state index in [0.29, 0.717) is 31.6 Å². The van der Waals surface area contributed by atoms with E-state index in [0.717, 1.165) is 22.8 Å². The molecule has 0 saturated carbocycles. The lowest BCUT2D eigenvalue weighted by atomic mass is 10.1. The predicted molar refractivity (Wildman–Crippen MR) is 100.0 cm³/mol. The van der Waals surface area contributed by atoms with Gasteiger partial charge in [0.05, 0.1) is 18.8 Å². The molecule has 2 N–H and O–H groups in total. The standard InChI is InChI=1S/C19H28N4O2/c1-6-24-18-9-14(4)7-8-15(18)11-21-19(20-5)22-12-16-10-17(13(2)3)23-25-16/h7-10,13H,6,11-12H2,1-5H3,(H2,20,21,22). The number of guanidine groups is 1. The molecule has 0 aliphatic carbocycles. The number of ether oxygens (including phenoxy) is 1. The lowest BCUT2D eigenvalue weighted by molar-refractivity contribution is 0.336. The summed E-state index contributed by atoms with van der Waals surface area (Å²) in [7, 11) is 1.74. The quantitative estimate of drug-likeness (QED) is 0.595. The van der Waals surface area contributed by atoms with E-state index in [1.807, 2.05) is 13.0 Å². The first kappa shape index (κ1) is 18.8. The number of benzene rings is 1. The van der Waals surface area contributed by atoms with Gasteiger partial charge in [-0.15, -0.1) is 0 Å². The Morgan fingerprint density at radius 3 is 2.64 bits per heavy atom. The van der Waals surface area contributed by atoms with Gasteiger partial charge in [0.1, 0.15) is 5.75 Å². The van der Waals surface area contributed by atoms with Crippen molar-refractivity contribution in [2.24, 2.45) is 4.99 Å². The zero-order valence-corrected chi connectivity index (χ0v) is 15.7. The number of rotatable bonds is 7. The summed E-state index contributed by atoms with van der Waals surface area (Å²) in [6.07, 6.45) is 0. The van der Waals surface area contributed by atoms with Crippen LogP contribution in [0.25, 0.3) is 0 Å². The molecule has 25 heavy (non-hydrogen) atoms. The van der Waals surface area contributed by atoms with Gasteiger partial charge in [-0.1, -0.05) is 31.1 Å². The number of aliphatic imine (C=N–C) groups is 1. The van der Waals surface area contributed by atoms with Crippen LogP contribution in [-0.4, -0.2) is 24.8 Å². The first-order valence-electron chi connectivity index (χ1n) is 8.65. The second kappa shape index (κ2) is 9.11. The van der Waals surface area contributed by atoms with Crippen LogP contribution in [0.3, 0.4) is 0 Å². The smallest absolute Gasteiger partial charge is 0.191 e. The van der Waals surface area contributed by atoms with E-state index >= 15 is 0 Å². The van der Waals surface area contributed by atoms with E-state index in [1.165, 1.54) is 5.56 Å². The Hall–Kier alpha value is -2.50. The van der Waals surface area contributed by atoms with Gasteiger partial charge in [-0.25, -0.2) is 0 Å². The predicted octanol–water partition coefficient (Wildman–Crippen LogP) is 3.37. The minimum Gasteiger partial charge on any atom is -0.494 e. The SMILES string of the molecule is CCOc1cc(C)ccc1CNC(=NC)NCc1cc(C(C)C)no1. The summed E-state index contributed by atoms with van der Waals surface area (Å²) in [5.74, 6) is 2.75. The lowest BCUT2D eigenvalue weighted by Gasteiger charge is -2.14. The van der Waals surface area contributed by atoms with Crippen molar-refractivity contribution < 1.29 is 9.26 Å². The molecule has 0 saturated heterocycles. The van der Waals surface area contributed by atoms with Gasteiger partial charge in [-0.05, 0) is 31.4 Å². The van der Waals surface area contributed by atoms with Gasteiger partial charge in [0.2, 0.25) is 0 Å². The molecule has 0 radical (unpaired) electrons. The average Bonchev–Trinajstić information content (AvgIpc) is 3.06. The van der Waals surface area contributed by atoms with Crippen molar-refractivity contribution in [3.8, 4) is 5.75 Å².